The number of ketones is 1. The van der Waals surface area contributed by atoms with Crippen LogP contribution in [-0.2, 0) is 4.79 Å². The van der Waals surface area contributed by atoms with Crippen molar-refractivity contribution in [2.75, 3.05) is 12.4 Å². The summed E-state index contributed by atoms with van der Waals surface area (Å²) >= 11 is 1.29. The number of thioether (sulfide) groups is 1. The van der Waals surface area contributed by atoms with Crippen molar-refractivity contribution in [3.05, 3.63) is 60.4 Å². The minimum atomic E-state index is -0.422. The van der Waals surface area contributed by atoms with Crippen molar-refractivity contribution >= 4 is 29.1 Å². The van der Waals surface area contributed by atoms with E-state index in [9.17, 15) is 9.59 Å². The summed E-state index contributed by atoms with van der Waals surface area (Å²) in [5.74, 6) is 0.481. The maximum Gasteiger partial charge on any atom is 0.237 e. The van der Waals surface area contributed by atoms with E-state index in [1.165, 1.54) is 18.7 Å². The third-order valence-corrected chi connectivity index (χ3v) is 5.09. The standard InChI is InChI=1S/C20H20N4O3S/c1-13(25)15-6-4-7-16(10-15)22-19(26)14(2)28-20-23-21-12-24(20)17-8-5-9-18(11-17)27-3/h4-12,14H,1-3H3,(H,22,26). The minimum Gasteiger partial charge on any atom is -0.497 e. The molecular weight excluding hydrogens is 376 g/mol. The predicted octanol–water partition coefficient (Wildman–Crippen LogP) is 3.60. The van der Waals surface area contributed by atoms with Crippen LogP contribution in [0.15, 0.2) is 60.0 Å². The molecule has 0 radical (unpaired) electrons. The maximum atomic E-state index is 12.6. The smallest absolute Gasteiger partial charge is 0.237 e. The summed E-state index contributed by atoms with van der Waals surface area (Å²) in [6.45, 7) is 3.28. The molecule has 1 aromatic heterocycles. The molecule has 7 nitrogen and oxygen atoms in total. The molecule has 0 spiro atoms. The molecule has 0 aliphatic rings. The van der Waals surface area contributed by atoms with Crippen LogP contribution in [0.25, 0.3) is 5.69 Å². The highest BCUT2D eigenvalue weighted by molar-refractivity contribution is 8.00. The van der Waals surface area contributed by atoms with E-state index in [0.717, 1.165) is 11.4 Å². The van der Waals surface area contributed by atoms with Crippen LogP contribution >= 0.6 is 11.8 Å². The van der Waals surface area contributed by atoms with Gasteiger partial charge in [0.2, 0.25) is 5.91 Å². The van der Waals surface area contributed by atoms with Crippen molar-refractivity contribution in [1.29, 1.82) is 0 Å². The number of aromatic nitrogens is 3. The Morgan fingerprint density at radius 2 is 1.96 bits per heavy atom. The summed E-state index contributed by atoms with van der Waals surface area (Å²) in [6.07, 6.45) is 1.60. The van der Waals surface area contributed by atoms with Gasteiger partial charge in [-0.05, 0) is 38.1 Å². The number of ether oxygens (including phenoxy) is 1. The molecule has 3 rings (SSSR count). The fourth-order valence-corrected chi connectivity index (χ4v) is 3.36. The van der Waals surface area contributed by atoms with Gasteiger partial charge in [-0.15, -0.1) is 10.2 Å². The van der Waals surface area contributed by atoms with E-state index in [2.05, 4.69) is 15.5 Å². The van der Waals surface area contributed by atoms with E-state index in [-0.39, 0.29) is 11.7 Å². The lowest BCUT2D eigenvalue weighted by atomic mass is 10.1. The van der Waals surface area contributed by atoms with Crippen molar-refractivity contribution in [2.45, 2.75) is 24.3 Å². The van der Waals surface area contributed by atoms with Gasteiger partial charge >= 0.3 is 0 Å². The van der Waals surface area contributed by atoms with Crippen LogP contribution in [0.2, 0.25) is 0 Å². The molecule has 3 aromatic rings. The molecule has 8 heteroatoms. The molecule has 0 saturated carbocycles. The molecule has 1 unspecified atom stereocenters. The van der Waals surface area contributed by atoms with Crippen molar-refractivity contribution < 1.29 is 14.3 Å². The second kappa shape index (κ2) is 8.71. The van der Waals surface area contributed by atoms with Crippen molar-refractivity contribution in [2.24, 2.45) is 0 Å². The Bertz CT molecular complexity index is 1000. The molecule has 1 atom stereocenters. The van der Waals surface area contributed by atoms with Gasteiger partial charge in [-0.3, -0.25) is 14.2 Å². The SMILES string of the molecule is COc1cccc(-n2cnnc2SC(C)C(=O)Nc2cccc(C(C)=O)c2)c1. The number of nitrogens with zero attached hydrogens (tertiary/aromatic N) is 3. The molecule has 0 aliphatic carbocycles. The molecule has 144 valence electrons. The molecule has 1 heterocycles. The van der Waals surface area contributed by atoms with E-state index in [4.69, 9.17) is 4.74 Å². The molecule has 0 bridgehead atoms. The van der Waals surface area contributed by atoms with Gasteiger partial charge in [0, 0.05) is 17.3 Å². The lowest BCUT2D eigenvalue weighted by Gasteiger charge is -2.13. The number of Topliss-reactive ketones (excluding diaryl/α,β-unsaturated/α-hetero) is 1. The highest BCUT2D eigenvalue weighted by atomic mass is 32.2. The summed E-state index contributed by atoms with van der Waals surface area (Å²) in [5.41, 5.74) is 1.98. The van der Waals surface area contributed by atoms with Gasteiger partial charge < -0.3 is 10.1 Å². The van der Waals surface area contributed by atoms with Crippen LogP contribution in [0.3, 0.4) is 0 Å². The number of methoxy groups -OCH3 is 1. The van der Waals surface area contributed by atoms with E-state index in [0.29, 0.717) is 16.4 Å². The topological polar surface area (TPSA) is 86.1 Å². The summed E-state index contributed by atoms with van der Waals surface area (Å²) < 4.78 is 7.05. The summed E-state index contributed by atoms with van der Waals surface area (Å²) in [7, 11) is 1.61. The molecule has 2 aromatic carbocycles. The quantitative estimate of drug-likeness (QED) is 0.485. The van der Waals surface area contributed by atoms with Gasteiger partial charge in [0.25, 0.3) is 0 Å². The average molecular weight is 396 g/mol. The van der Waals surface area contributed by atoms with Gasteiger partial charge in [-0.2, -0.15) is 0 Å². The van der Waals surface area contributed by atoms with Crippen LogP contribution in [0.4, 0.5) is 5.69 Å². The number of benzene rings is 2. The lowest BCUT2D eigenvalue weighted by Crippen LogP contribution is -2.23. The highest BCUT2D eigenvalue weighted by Gasteiger charge is 2.19. The molecule has 1 N–H and O–H groups in total. The van der Waals surface area contributed by atoms with Gasteiger partial charge in [-0.25, -0.2) is 0 Å². The lowest BCUT2D eigenvalue weighted by molar-refractivity contribution is -0.115. The Balaban J connectivity index is 1.72. The molecule has 0 fully saturated rings. The first-order valence-corrected chi connectivity index (χ1v) is 9.49. The number of carbonyl (C=O) groups excluding carboxylic acids is 2. The van der Waals surface area contributed by atoms with Crippen molar-refractivity contribution in [3.8, 4) is 11.4 Å². The molecular formula is C20H20N4O3S. The molecule has 1 amide bonds. The zero-order valence-corrected chi connectivity index (χ0v) is 16.6. The maximum absolute atomic E-state index is 12.6. The van der Waals surface area contributed by atoms with Crippen LogP contribution in [0.1, 0.15) is 24.2 Å². The molecule has 0 aliphatic heterocycles. The first kappa shape index (κ1) is 19.6. The van der Waals surface area contributed by atoms with Crippen LogP contribution in [0, 0.1) is 0 Å². The van der Waals surface area contributed by atoms with Gasteiger partial charge in [0.05, 0.1) is 18.0 Å². The van der Waals surface area contributed by atoms with Gasteiger partial charge in [0.15, 0.2) is 10.9 Å². The number of rotatable bonds is 7. The second-order valence-electron chi connectivity index (χ2n) is 6.07. The predicted molar refractivity (Wildman–Crippen MR) is 108 cm³/mol. The highest BCUT2D eigenvalue weighted by Crippen LogP contribution is 2.26. The average Bonchev–Trinajstić information content (AvgIpc) is 3.16. The first-order chi connectivity index (χ1) is 13.5. The minimum absolute atomic E-state index is 0.0510. The normalized spacial score (nSPS) is 11.7. The number of nitrogens with one attached hydrogen (secondary N) is 1. The Morgan fingerprint density at radius 1 is 1.18 bits per heavy atom. The number of hydrogen-bond acceptors (Lipinski definition) is 6. The number of amides is 1. The largest absolute Gasteiger partial charge is 0.497 e. The second-order valence-corrected chi connectivity index (χ2v) is 7.38. The zero-order valence-electron chi connectivity index (χ0n) is 15.7. The fourth-order valence-electron chi connectivity index (χ4n) is 2.51. The van der Waals surface area contributed by atoms with E-state index in [1.807, 2.05) is 24.3 Å². The summed E-state index contributed by atoms with van der Waals surface area (Å²) in [4.78, 5) is 24.1. The van der Waals surface area contributed by atoms with Crippen LogP contribution in [-0.4, -0.2) is 38.8 Å². The van der Waals surface area contributed by atoms with Crippen molar-refractivity contribution in [1.82, 2.24) is 14.8 Å². The van der Waals surface area contributed by atoms with E-state index < -0.39 is 5.25 Å². The third kappa shape index (κ3) is 4.58. The third-order valence-electron chi connectivity index (χ3n) is 4.04. The summed E-state index contributed by atoms with van der Waals surface area (Å²) in [6, 6.07) is 14.4. The molecule has 28 heavy (non-hydrogen) atoms. The van der Waals surface area contributed by atoms with Crippen molar-refractivity contribution in [3.63, 3.8) is 0 Å². The van der Waals surface area contributed by atoms with Gasteiger partial charge in [-0.1, -0.05) is 30.0 Å². The zero-order chi connectivity index (χ0) is 20.1. The monoisotopic (exact) mass is 396 g/mol. The van der Waals surface area contributed by atoms with E-state index >= 15 is 0 Å². The van der Waals surface area contributed by atoms with Crippen LogP contribution < -0.4 is 10.1 Å². The number of hydrogen-bond donors (Lipinski definition) is 1. The van der Waals surface area contributed by atoms with Gasteiger partial charge in [0.1, 0.15) is 12.1 Å². The summed E-state index contributed by atoms with van der Waals surface area (Å²) in [5, 5.41) is 11.1. The Labute approximate surface area is 167 Å². The van der Waals surface area contributed by atoms with E-state index in [1.54, 1.807) is 49.2 Å². The fraction of sp³-hybridized carbons (Fsp3) is 0.200. The Kier molecular flexibility index (Phi) is 6.10. The van der Waals surface area contributed by atoms with Crippen LogP contribution in [0.5, 0.6) is 5.75 Å². The first-order valence-electron chi connectivity index (χ1n) is 8.61. The Morgan fingerprint density at radius 3 is 2.71 bits per heavy atom. The molecule has 0 saturated heterocycles. The number of anilines is 1. The Hall–Kier alpha value is -3.13. The number of carbonyl (C=O) groups is 2.